The summed E-state index contributed by atoms with van der Waals surface area (Å²) >= 11 is 0. The van der Waals surface area contributed by atoms with Gasteiger partial charge in [0.05, 0.1) is 0 Å². The van der Waals surface area contributed by atoms with Crippen LogP contribution in [-0.2, 0) is 6.54 Å². The Morgan fingerprint density at radius 1 is 0.361 bits per heavy atom. The number of hydrogen-bond acceptors (Lipinski definition) is 1. The first-order valence-electron chi connectivity index (χ1n) is 12.4. The summed E-state index contributed by atoms with van der Waals surface area (Å²) in [6.45, 7) is 0.942. The van der Waals surface area contributed by atoms with E-state index in [-0.39, 0.29) is 0 Å². The molecule has 36 heavy (non-hydrogen) atoms. The average molecular weight is 504 g/mol. The van der Waals surface area contributed by atoms with E-state index in [9.17, 15) is 0 Å². The molecule has 0 spiro atoms. The third-order valence-corrected chi connectivity index (χ3v) is 11.3. The van der Waals surface area contributed by atoms with Crippen molar-refractivity contribution in [2.45, 2.75) is 6.54 Å². The molecule has 3 heteroatoms. The highest BCUT2D eigenvalue weighted by atomic mass is 31.1. The Kier molecular flexibility index (Phi) is 8.72. The van der Waals surface area contributed by atoms with Gasteiger partial charge in [-0.25, -0.2) is 0 Å². The van der Waals surface area contributed by atoms with E-state index in [0.717, 1.165) is 19.1 Å². The first-order valence-corrected chi connectivity index (χ1v) is 15.4. The van der Waals surface area contributed by atoms with Gasteiger partial charge in [0.25, 0.3) is 0 Å². The standard InChI is InChI=1S/C33H31NP2/c1-6-16-29(17-7-1)26-34(27-35(30-18-8-2-9-19-30)31-20-10-3-11-21-31)28-36(32-22-12-4-13-23-32)33-24-14-5-15-25-33/h1-25H,26-28H2. The van der Waals surface area contributed by atoms with E-state index in [0.29, 0.717) is 0 Å². The number of hydrogen-bond donors (Lipinski definition) is 0. The molecule has 0 aromatic heterocycles. The van der Waals surface area contributed by atoms with Crippen LogP contribution in [0, 0.1) is 0 Å². The zero-order valence-corrected chi connectivity index (χ0v) is 22.2. The van der Waals surface area contributed by atoms with Crippen molar-refractivity contribution in [3.05, 3.63) is 157 Å². The Morgan fingerprint density at radius 3 is 0.944 bits per heavy atom. The minimum atomic E-state index is -0.519. The van der Waals surface area contributed by atoms with Crippen LogP contribution in [0.2, 0.25) is 0 Å². The van der Waals surface area contributed by atoms with E-state index in [1.54, 1.807) is 0 Å². The lowest BCUT2D eigenvalue weighted by molar-refractivity contribution is 0.366. The lowest BCUT2D eigenvalue weighted by Gasteiger charge is -2.32. The van der Waals surface area contributed by atoms with E-state index < -0.39 is 15.8 Å². The lowest BCUT2D eigenvalue weighted by Crippen LogP contribution is -2.31. The highest BCUT2D eigenvalue weighted by molar-refractivity contribution is 7.73. The van der Waals surface area contributed by atoms with Crippen LogP contribution < -0.4 is 21.2 Å². The van der Waals surface area contributed by atoms with Crippen LogP contribution in [0.3, 0.4) is 0 Å². The van der Waals surface area contributed by atoms with Crippen molar-refractivity contribution < 1.29 is 0 Å². The van der Waals surface area contributed by atoms with Gasteiger partial charge in [-0.15, -0.1) is 0 Å². The molecule has 0 heterocycles. The molecule has 178 valence electrons. The van der Waals surface area contributed by atoms with E-state index in [1.807, 2.05) is 0 Å². The molecular formula is C33H31NP2. The molecule has 0 atom stereocenters. The molecule has 0 aliphatic rings. The zero-order chi connectivity index (χ0) is 24.4. The van der Waals surface area contributed by atoms with Crippen LogP contribution >= 0.6 is 15.8 Å². The molecule has 0 unspecified atom stereocenters. The fourth-order valence-electron chi connectivity index (χ4n) is 4.44. The molecule has 0 saturated carbocycles. The van der Waals surface area contributed by atoms with Crippen LogP contribution in [0.25, 0.3) is 0 Å². The third kappa shape index (κ3) is 6.57. The molecule has 0 aliphatic heterocycles. The molecule has 5 aromatic rings. The summed E-state index contributed by atoms with van der Waals surface area (Å²) in [5.74, 6) is 0. The predicted molar refractivity (Wildman–Crippen MR) is 160 cm³/mol. The largest absolute Gasteiger partial charge is 0.290 e. The van der Waals surface area contributed by atoms with Gasteiger partial charge in [0, 0.05) is 19.1 Å². The van der Waals surface area contributed by atoms with E-state index in [2.05, 4.69) is 157 Å². The summed E-state index contributed by atoms with van der Waals surface area (Å²) in [6, 6.07) is 55.2. The number of nitrogens with zero attached hydrogens (tertiary/aromatic N) is 1. The first kappa shape index (κ1) is 24.6. The lowest BCUT2D eigenvalue weighted by atomic mass is 10.2. The molecule has 5 aromatic carbocycles. The fraction of sp³-hybridized carbons (Fsp3) is 0.0909. The van der Waals surface area contributed by atoms with Crippen molar-refractivity contribution in [3.63, 3.8) is 0 Å². The average Bonchev–Trinajstić information content (AvgIpc) is 2.97. The molecule has 0 bridgehead atoms. The topological polar surface area (TPSA) is 3.24 Å². The van der Waals surface area contributed by atoms with Crippen molar-refractivity contribution in [2.24, 2.45) is 0 Å². The van der Waals surface area contributed by atoms with E-state index >= 15 is 0 Å². The van der Waals surface area contributed by atoms with Gasteiger partial charge in [-0.1, -0.05) is 152 Å². The van der Waals surface area contributed by atoms with Crippen LogP contribution in [0.15, 0.2) is 152 Å². The van der Waals surface area contributed by atoms with E-state index in [1.165, 1.54) is 26.8 Å². The third-order valence-electron chi connectivity index (χ3n) is 6.20. The second kappa shape index (κ2) is 12.8. The Hall–Kier alpha value is -3.08. The van der Waals surface area contributed by atoms with Gasteiger partial charge in [-0.05, 0) is 42.6 Å². The maximum absolute atomic E-state index is 2.70. The van der Waals surface area contributed by atoms with Gasteiger partial charge in [-0.2, -0.15) is 0 Å². The maximum atomic E-state index is 2.70. The Balaban J connectivity index is 1.52. The molecule has 5 rings (SSSR count). The normalized spacial score (nSPS) is 11.3. The van der Waals surface area contributed by atoms with E-state index in [4.69, 9.17) is 0 Å². The van der Waals surface area contributed by atoms with Crippen LogP contribution in [0.5, 0.6) is 0 Å². The van der Waals surface area contributed by atoms with Crippen molar-refractivity contribution in [3.8, 4) is 0 Å². The Bertz CT molecular complexity index is 1130. The van der Waals surface area contributed by atoms with Crippen molar-refractivity contribution in [2.75, 3.05) is 12.6 Å². The molecule has 0 N–H and O–H groups in total. The quantitative estimate of drug-likeness (QED) is 0.193. The van der Waals surface area contributed by atoms with Crippen LogP contribution in [0.1, 0.15) is 5.56 Å². The second-order valence-corrected chi connectivity index (χ2v) is 13.1. The minimum Gasteiger partial charge on any atom is -0.290 e. The SMILES string of the molecule is c1ccc(CN(CP(c2ccccc2)c2ccccc2)CP(c2ccccc2)c2ccccc2)cc1. The Morgan fingerprint density at radius 2 is 0.639 bits per heavy atom. The molecule has 0 radical (unpaired) electrons. The summed E-state index contributed by atoms with van der Waals surface area (Å²) in [5, 5.41) is 5.72. The van der Waals surface area contributed by atoms with Crippen molar-refractivity contribution >= 4 is 37.1 Å². The smallest absolute Gasteiger partial charge is 0.0273 e. The van der Waals surface area contributed by atoms with Gasteiger partial charge < -0.3 is 0 Å². The van der Waals surface area contributed by atoms with Gasteiger partial charge >= 0.3 is 0 Å². The Labute approximate surface area is 218 Å². The summed E-state index contributed by atoms with van der Waals surface area (Å²) < 4.78 is 0. The second-order valence-electron chi connectivity index (χ2n) is 8.80. The van der Waals surface area contributed by atoms with Gasteiger partial charge in [-0.3, -0.25) is 4.90 Å². The number of rotatable bonds is 10. The monoisotopic (exact) mass is 503 g/mol. The van der Waals surface area contributed by atoms with Gasteiger partial charge in [0.1, 0.15) is 0 Å². The maximum Gasteiger partial charge on any atom is 0.0273 e. The first-order chi connectivity index (χ1) is 17.9. The highest BCUT2D eigenvalue weighted by Gasteiger charge is 2.23. The number of benzene rings is 5. The van der Waals surface area contributed by atoms with Gasteiger partial charge in [0.2, 0.25) is 0 Å². The molecule has 0 saturated heterocycles. The fourth-order valence-corrected chi connectivity index (χ4v) is 9.18. The summed E-state index contributed by atoms with van der Waals surface area (Å²) in [6.07, 6.45) is 2.05. The zero-order valence-electron chi connectivity index (χ0n) is 20.4. The minimum absolute atomic E-state index is 0.519. The molecule has 0 aliphatic carbocycles. The summed E-state index contributed by atoms with van der Waals surface area (Å²) in [5.41, 5.74) is 1.37. The summed E-state index contributed by atoms with van der Waals surface area (Å²) in [4.78, 5) is 2.70. The van der Waals surface area contributed by atoms with Crippen molar-refractivity contribution in [1.82, 2.24) is 4.90 Å². The molecule has 1 nitrogen and oxygen atoms in total. The highest BCUT2D eigenvalue weighted by Crippen LogP contribution is 2.40. The van der Waals surface area contributed by atoms with Crippen molar-refractivity contribution in [1.29, 1.82) is 0 Å². The van der Waals surface area contributed by atoms with Crippen LogP contribution in [0.4, 0.5) is 0 Å². The molecule has 0 fully saturated rings. The predicted octanol–water partition coefficient (Wildman–Crippen LogP) is 6.67. The van der Waals surface area contributed by atoms with Gasteiger partial charge in [0.15, 0.2) is 0 Å². The summed E-state index contributed by atoms with van der Waals surface area (Å²) in [7, 11) is -1.04. The van der Waals surface area contributed by atoms with Crippen LogP contribution in [-0.4, -0.2) is 17.5 Å². The molecular weight excluding hydrogens is 472 g/mol. The molecule has 0 amide bonds.